The summed E-state index contributed by atoms with van der Waals surface area (Å²) >= 11 is 0. The highest BCUT2D eigenvalue weighted by atomic mass is 32.2. The molecule has 3 N–H and O–H groups in total. The van der Waals surface area contributed by atoms with Gasteiger partial charge < -0.3 is 10.3 Å². The molecule has 6 nitrogen and oxygen atoms in total. The third-order valence-electron chi connectivity index (χ3n) is 2.99. The van der Waals surface area contributed by atoms with Crippen molar-refractivity contribution in [1.29, 1.82) is 0 Å². The minimum Gasteiger partial charge on any atom is -0.336 e. The maximum atomic E-state index is 12.3. The van der Waals surface area contributed by atoms with Gasteiger partial charge >= 0.3 is 0 Å². The molecule has 20 heavy (non-hydrogen) atoms. The summed E-state index contributed by atoms with van der Waals surface area (Å²) in [6, 6.07) is 8.77. The van der Waals surface area contributed by atoms with Gasteiger partial charge in [-0.1, -0.05) is 30.3 Å². The molecule has 1 aromatic carbocycles. The second-order valence-corrected chi connectivity index (χ2v) is 6.02. The van der Waals surface area contributed by atoms with Crippen LogP contribution in [-0.4, -0.2) is 24.5 Å². The lowest BCUT2D eigenvalue weighted by Gasteiger charge is -2.16. The number of imidazole rings is 1. The van der Waals surface area contributed by atoms with Crippen LogP contribution in [0.3, 0.4) is 0 Å². The fourth-order valence-electron chi connectivity index (χ4n) is 1.84. The summed E-state index contributed by atoms with van der Waals surface area (Å²) in [6.07, 6.45) is 3.00. The molecule has 7 heteroatoms. The third-order valence-corrected chi connectivity index (χ3v) is 4.34. The van der Waals surface area contributed by atoms with Crippen molar-refractivity contribution in [3.05, 3.63) is 48.4 Å². The van der Waals surface area contributed by atoms with E-state index in [1.807, 2.05) is 37.3 Å². The number of sulfonamides is 1. The molecule has 2 aromatic rings. The summed E-state index contributed by atoms with van der Waals surface area (Å²) in [5.74, 6) is 0. The van der Waals surface area contributed by atoms with Gasteiger partial charge in [0, 0.05) is 19.3 Å². The monoisotopic (exact) mass is 294 g/mol. The first kappa shape index (κ1) is 14.7. The summed E-state index contributed by atoms with van der Waals surface area (Å²) in [4.78, 5) is 3.91. The molecule has 2 rings (SSSR count). The summed E-state index contributed by atoms with van der Waals surface area (Å²) in [6.45, 7) is 2.76. The molecule has 0 bridgehead atoms. The first-order valence-electron chi connectivity index (χ1n) is 6.36. The number of hydrogen-bond donors (Lipinski definition) is 2. The van der Waals surface area contributed by atoms with Crippen molar-refractivity contribution in [1.82, 2.24) is 14.3 Å². The predicted octanol–water partition coefficient (Wildman–Crippen LogP) is 0.881. The normalized spacial score (nSPS) is 13.3. The highest BCUT2D eigenvalue weighted by Gasteiger charge is 2.22. The summed E-state index contributed by atoms with van der Waals surface area (Å²) < 4.78 is 28.8. The lowest BCUT2D eigenvalue weighted by atomic mass is 10.1. The van der Waals surface area contributed by atoms with Gasteiger partial charge in [0.1, 0.15) is 0 Å². The van der Waals surface area contributed by atoms with E-state index in [-0.39, 0.29) is 11.6 Å². The average Bonchev–Trinajstić information content (AvgIpc) is 2.95. The Morgan fingerprint density at radius 2 is 2.05 bits per heavy atom. The van der Waals surface area contributed by atoms with Crippen molar-refractivity contribution in [2.75, 3.05) is 6.54 Å². The Morgan fingerprint density at radius 1 is 1.35 bits per heavy atom. The van der Waals surface area contributed by atoms with Crippen LogP contribution in [0.2, 0.25) is 0 Å². The minimum absolute atomic E-state index is 0.00808. The van der Waals surface area contributed by atoms with Gasteiger partial charge in [0.05, 0.1) is 12.4 Å². The van der Waals surface area contributed by atoms with Crippen molar-refractivity contribution >= 4 is 10.0 Å². The second kappa shape index (κ2) is 6.17. The van der Waals surface area contributed by atoms with E-state index >= 15 is 0 Å². The number of hydrogen-bond acceptors (Lipinski definition) is 4. The van der Waals surface area contributed by atoms with E-state index in [1.54, 1.807) is 4.57 Å². The summed E-state index contributed by atoms with van der Waals surface area (Å²) in [7, 11) is -3.67. The van der Waals surface area contributed by atoms with Gasteiger partial charge in [-0.3, -0.25) is 0 Å². The molecule has 0 aliphatic carbocycles. The topological polar surface area (TPSA) is 90.0 Å². The Morgan fingerprint density at radius 3 is 2.60 bits per heavy atom. The van der Waals surface area contributed by atoms with E-state index in [4.69, 9.17) is 5.73 Å². The van der Waals surface area contributed by atoms with E-state index in [1.165, 1.54) is 12.5 Å². The first-order chi connectivity index (χ1) is 9.56. The minimum atomic E-state index is -3.67. The maximum Gasteiger partial charge on any atom is 0.260 e. The predicted molar refractivity (Wildman–Crippen MR) is 76.5 cm³/mol. The number of aromatic nitrogens is 2. The van der Waals surface area contributed by atoms with E-state index in [9.17, 15) is 8.42 Å². The molecule has 0 aliphatic heterocycles. The van der Waals surface area contributed by atoms with Crippen molar-refractivity contribution in [2.24, 2.45) is 5.73 Å². The molecular weight excluding hydrogens is 276 g/mol. The highest BCUT2D eigenvalue weighted by molar-refractivity contribution is 7.89. The maximum absolute atomic E-state index is 12.3. The van der Waals surface area contributed by atoms with Crippen LogP contribution in [0.5, 0.6) is 0 Å². The van der Waals surface area contributed by atoms with Gasteiger partial charge in [0.2, 0.25) is 0 Å². The number of nitrogens with two attached hydrogens (primary N) is 1. The van der Waals surface area contributed by atoms with Crippen LogP contribution in [-0.2, 0) is 16.6 Å². The summed E-state index contributed by atoms with van der Waals surface area (Å²) in [5, 5.41) is 0.00808. The lowest BCUT2D eigenvalue weighted by molar-refractivity contribution is 0.555. The van der Waals surface area contributed by atoms with Gasteiger partial charge in [0.25, 0.3) is 10.0 Å². The van der Waals surface area contributed by atoms with Gasteiger partial charge in [-0.25, -0.2) is 18.1 Å². The number of nitrogens with one attached hydrogen (secondary N) is 1. The van der Waals surface area contributed by atoms with E-state index < -0.39 is 16.1 Å². The fourth-order valence-corrected chi connectivity index (χ4v) is 3.02. The van der Waals surface area contributed by atoms with Crippen LogP contribution in [0.25, 0.3) is 0 Å². The van der Waals surface area contributed by atoms with E-state index in [2.05, 4.69) is 9.71 Å². The largest absolute Gasteiger partial charge is 0.336 e. The Kier molecular flexibility index (Phi) is 4.53. The average molecular weight is 294 g/mol. The molecule has 0 spiro atoms. The third kappa shape index (κ3) is 3.24. The molecule has 0 saturated heterocycles. The van der Waals surface area contributed by atoms with Crippen LogP contribution in [0.4, 0.5) is 0 Å². The second-order valence-electron chi connectivity index (χ2n) is 4.36. The van der Waals surface area contributed by atoms with Crippen LogP contribution in [0.1, 0.15) is 18.5 Å². The molecule has 1 heterocycles. The first-order valence-corrected chi connectivity index (χ1v) is 7.84. The molecule has 0 aliphatic rings. The van der Waals surface area contributed by atoms with Crippen LogP contribution in [0, 0.1) is 0 Å². The molecule has 0 fully saturated rings. The van der Waals surface area contributed by atoms with Crippen LogP contribution in [0.15, 0.2) is 47.9 Å². The quantitative estimate of drug-likeness (QED) is 0.827. The Hall–Kier alpha value is -1.70. The molecule has 1 atom stereocenters. The molecule has 0 amide bonds. The van der Waals surface area contributed by atoms with E-state index in [0.29, 0.717) is 6.54 Å². The molecule has 1 unspecified atom stereocenters. The van der Waals surface area contributed by atoms with Gasteiger partial charge in [0.15, 0.2) is 5.03 Å². The molecular formula is C13H18N4O2S. The van der Waals surface area contributed by atoms with Crippen molar-refractivity contribution in [3.8, 4) is 0 Å². The zero-order valence-electron chi connectivity index (χ0n) is 11.2. The number of benzene rings is 1. The number of nitrogens with zero attached hydrogens (tertiary/aromatic N) is 2. The molecule has 108 valence electrons. The SMILES string of the molecule is CCn1cnc(S(=O)(=O)NC(CN)c2ccccc2)c1. The van der Waals surface area contributed by atoms with Crippen molar-refractivity contribution in [3.63, 3.8) is 0 Å². The smallest absolute Gasteiger partial charge is 0.260 e. The zero-order valence-corrected chi connectivity index (χ0v) is 12.0. The molecule has 0 radical (unpaired) electrons. The number of rotatable bonds is 6. The number of aryl methyl sites for hydroxylation is 1. The molecule has 0 saturated carbocycles. The van der Waals surface area contributed by atoms with Gasteiger partial charge in [-0.15, -0.1) is 0 Å². The lowest BCUT2D eigenvalue weighted by Crippen LogP contribution is -2.33. The van der Waals surface area contributed by atoms with Crippen LogP contribution >= 0.6 is 0 Å². The highest BCUT2D eigenvalue weighted by Crippen LogP contribution is 2.15. The van der Waals surface area contributed by atoms with Gasteiger partial charge in [-0.2, -0.15) is 0 Å². The van der Waals surface area contributed by atoms with Crippen molar-refractivity contribution in [2.45, 2.75) is 24.5 Å². The fraction of sp³-hybridized carbons (Fsp3) is 0.308. The summed E-state index contributed by atoms with van der Waals surface area (Å²) in [5.41, 5.74) is 6.50. The molecule has 1 aromatic heterocycles. The standard InChI is InChI=1S/C13H18N4O2S/c1-2-17-9-13(15-10-17)20(18,19)16-12(8-14)11-6-4-3-5-7-11/h3-7,9-10,12,16H,2,8,14H2,1H3. The van der Waals surface area contributed by atoms with Crippen LogP contribution < -0.4 is 10.5 Å². The zero-order chi connectivity index (χ0) is 14.6. The Bertz CT molecular complexity index is 652. The van der Waals surface area contributed by atoms with Gasteiger partial charge in [-0.05, 0) is 12.5 Å². The van der Waals surface area contributed by atoms with Crippen molar-refractivity contribution < 1.29 is 8.42 Å². The Labute approximate surface area is 118 Å². The van der Waals surface area contributed by atoms with E-state index in [0.717, 1.165) is 5.56 Å². The Balaban J connectivity index is 2.22.